The first-order chi connectivity index (χ1) is 14.6. The number of alkyl halides is 2. The molecule has 2 aliphatic heterocycles. The fourth-order valence-electron chi connectivity index (χ4n) is 4.08. The second-order valence-corrected chi connectivity index (χ2v) is 7.97. The molecule has 0 N–H and O–H groups in total. The molecule has 166 valence electrons. The number of nitrogens with zero attached hydrogens (tertiary/aromatic N) is 1. The molecule has 0 saturated carbocycles. The summed E-state index contributed by atoms with van der Waals surface area (Å²) in [6, 6.07) is 4.36. The second kappa shape index (κ2) is 7.85. The van der Waals surface area contributed by atoms with Crippen LogP contribution in [0.25, 0.3) is 11.1 Å². The highest BCUT2D eigenvalue weighted by Crippen LogP contribution is 2.41. The van der Waals surface area contributed by atoms with Gasteiger partial charge in [-0.15, -0.1) is 0 Å². The summed E-state index contributed by atoms with van der Waals surface area (Å²) in [6.07, 6.45) is -0.556. The van der Waals surface area contributed by atoms with E-state index in [0.717, 1.165) is 4.90 Å². The van der Waals surface area contributed by atoms with Gasteiger partial charge in [-0.05, 0) is 29.7 Å². The van der Waals surface area contributed by atoms with Crippen molar-refractivity contribution in [2.24, 2.45) is 5.92 Å². The van der Waals surface area contributed by atoms with Crippen molar-refractivity contribution in [1.29, 1.82) is 0 Å². The Morgan fingerprint density at radius 3 is 2.35 bits per heavy atom. The molecule has 3 atom stereocenters. The van der Waals surface area contributed by atoms with E-state index in [2.05, 4.69) is 0 Å². The van der Waals surface area contributed by atoms with Gasteiger partial charge in [0, 0.05) is 23.9 Å². The SMILES string of the molecule is C[C@@H]1[C@H](Cc2cccc(-c3cc(F)c(F)c(F)c3)c2F)N(C(=O)C2CCO2)CC1(F)F. The predicted octanol–water partition coefficient (Wildman–Crippen LogP) is 4.72. The van der Waals surface area contributed by atoms with Crippen molar-refractivity contribution >= 4 is 5.91 Å². The lowest BCUT2D eigenvalue weighted by Gasteiger charge is -2.33. The Bertz CT molecular complexity index is 1000. The summed E-state index contributed by atoms with van der Waals surface area (Å²) >= 11 is 0. The Kier molecular flexibility index (Phi) is 5.49. The Balaban J connectivity index is 1.67. The van der Waals surface area contributed by atoms with Crippen molar-refractivity contribution in [3.05, 3.63) is 59.2 Å². The van der Waals surface area contributed by atoms with Crippen LogP contribution in [0.5, 0.6) is 0 Å². The number of amides is 1. The highest BCUT2D eigenvalue weighted by molar-refractivity contribution is 5.82. The second-order valence-electron chi connectivity index (χ2n) is 7.97. The van der Waals surface area contributed by atoms with Crippen LogP contribution in [0.2, 0.25) is 0 Å². The van der Waals surface area contributed by atoms with Crippen LogP contribution < -0.4 is 0 Å². The maximum Gasteiger partial charge on any atom is 0.269 e. The zero-order valence-electron chi connectivity index (χ0n) is 16.5. The van der Waals surface area contributed by atoms with Crippen LogP contribution in [0.1, 0.15) is 18.9 Å². The molecule has 9 heteroatoms. The van der Waals surface area contributed by atoms with Crippen molar-refractivity contribution in [2.75, 3.05) is 13.2 Å². The lowest BCUT2D eigenvalue weighted by atomic mass is 9.91. The average Bonchev–Trinajstić information content (AvgIpc) is 2.89. The predicted molar refractivity (Wildman–Crippen MR) is 99.4 cm³/mol. The fraction of sp³-hybridized carbons (Fsp3) is 0.409. The molecule has 31 heavy (non-hydrogen) atoms. The van der Waals surface area contributed by atoms with Crippen LogP contribution in [-0.4, -0.2) is 42.0 Å². The average molecular weight is 443 g/mol. The summed E-state index contributed by atoms with van der Waals surface area (Å²) in [5.41, 5.74) is -0.422. The van der Waals surface area contributed by atoms with Gasteiger partial charge in [0.15, 0.2) is 17.5 Å². The van der Waals surface area contributed by atoms with E-state index in [1.165, 1.54) is 25.1 Å². The van der Waals surface area contributed by atoms with Crippen molar-refractivity contribution in [1.82, 2.24) is 4.90 Å². The number of likely N-dealkylation sites (tertiary alicyclic amines) is 1. The Labute approximate surface area is 174 Å². The topological polar surface area (TPSA) is 29.5 Å². The standard InChI is InChI=1S/C22H19F6NO2/c1-11-17(29(10-22(11,27)28)21(30)18-5-6-31-18)9-12-3-2-4-14(19(12)25)13-7-15(23)20(26)16(24)8-13/h2-4,7-8,11,17-18H,5-6,9-10H2,1H3/t11-,17+,18?/m1/s1. The highest BCUT2D eigenvalue weighted by Gasteiger charge is 2.54. The molecule has 2 fully saturated rings. The third kappa shape index (κ3) is 3.79. The van der Waals surface area contributed by atoms with Crippen molar-refractivity contribution in [2.45, 2.75) is 37.8 Å². The maximum atomic E-state index is 15.2. The summed E-state index contributed by atoms with van der Waals surface area (Å²) < 4.78 is 89.6. The van der Waals surface area contributed by atoms with E-state index >= 15 is 4.39 Å². The summed E-state index contributed by atoms with van der Waals surface area (Å²) in [5.74, 6) is -10.4. The zero-order chi connectivity index (χ0) is 22.5. The van der Waals surface area contributed by atoms with E-state index < -0.39 is 59.7 Å². The molecule has 2 heterocycles. The number of carbonyl (C=O) groups excluding carboxylic acids is 1. The van der Waals surface area contributed by atoms with Crippen LogP contribution in [0.3, 0.4) is 0 Å². The number of hydrogen-bond acceptors (Lipinski definition) is 2. The molecule has 2 aromatic carbocycles. The van der Waals surface area contributed by atoms with E-state index in [9.17, 15) is 26.7 Å². The number of halogens is 6. The van der Waals surface area contributed by atoms with Crippen LogP contribution in [0.15, 0.2) is 30.3 Å². The lowest BCUT2D eigenvalue weighted by Crippen LogP contribution is -2.49. The number of rotatable bonds is 4. The largest absolute Gasteiger partial charge is 0.368 e. The minimum atomic E-state index is -3.15. The lowest BCUT2D eigenvalue weighted by molar-refractivity contribution is -0.158. The molecule has 4 rings (SSSR count). The number of carbonyl (C=O) groups is 1. The number of ether oxygens (including phenoxy) is 1. The molecule has 0 spiro atoms. The molecule has 2 aliphatic rings. The monoisotopic (exact) mass is 443 g/mol. The Morgan fingerprint density at radius 2 is 1.77 bits per heavy atom. The van der Waals surface area contributed by atoms with Gasteiger partial charge in [0.1, 0.15) is 11.9 Å². The summed E-state index contributed by atoms with van der Waals surface area (Å²) in [4.78, 5) is 13.6. The van der Waals surface area contributed by atoms with Gasteiger partial charge in [-0.25, -0.2) is 26.3 Å². The third-order valence-corrected chi connectivity index (χ3v) is 6.08. The molecule has 2 aromatic rings. The third-order valence-electron chi connectivity index (χ3n) is 6.08. The minimum absolute atomic E-state index is 0.00418. The van der Waals surface area contributed by atoms with E-state index in [1.54, 1.807) is 0 Å². The number of hydrogen-bond donors (Lipinski definition) is 0. The van der Waals surface area contributed by atoms with Crippen LogP contribution in [0.4, 0.5) is 26.3 Å². The van der Waals surface area contributed by atoms with Gasteiger partial charge in [-0.1, -0.05) is 25.1 Å². The minimum Gasteiger partial charge on any atom is -0.368 e. The molecular formula is C22H19F6NO2. The molecule has 2 saturated heterocycles. The molecule has 1 unspecified atom stereocenters. The van der Waals surface area contributed by atoms with Crippen LogP contribution in [-0.2, 0) is 16.0 Å². The van der Waals surface area contributed by atoms with E-state index in [4.69, 9.17) is 4.74 Å². The van der Waals surface area contributed by atoms with Gasteiger partial charge >= 0.3 is 0 Å². The Morgan fingerprint density at radius 1 is 1.13 bits per heavy atom. The van der Waals surface area contributed by atoms with Crippen molar-refractivity contribution in [3.63, 3.8) is 0 Å². The molecule has 1 amide bonds. The number of benzene rings is 2. The normalized spacial score (nSPS) is 24.9. The van der Waals surface area contributed by atoms with Crippen molar-refractivity contribution in [3.8, 4) is 11.1 Å². The van der Waals surface area contributed by atoms with E-state index in [1.807, 2.05) is 0 Å². The quantitative estimate of drug-likeness (QED) is 0.506. The highest BCUT2D eigenvalue weighted by atomic mass is 19.3. The first-order valence-corrected chi connectivity index (χ1v) is 9.82. The first kappa shape index (κ1) is 21.7. The maximum absolute atomic E-state index is 15.2. The molecule has 0 aliphatic carbocycles. The molecule has 0 bridgehead atoms. The fourth-order valence-corrected chi connectivity index (χ4v) is 4.08. The molecule has 0 radical (unpaired) electrons. The smallest absolute Gasteiger partial charge is 0.269 e. The van der Waals surface area contributed by atoms with Crippen LogP contribution >= 0.6 is 0 Å². The summed E-state index contributed by atoms with van der Waals surface area (Å²) in [5, 5.41) is 0. The zero-order valence-corrected chi connectivity index (χ0v) is 16.5. The van der Waals surface area contributed by atoms with Gasteiger partial charge in [-0.2, -0.15) is 0 Å². The molecular weight excluding hydrogens is 424 g/mol. The van der Waals surface area contributed by atoms with Gasteiger partial charge in [0.05, 0.1) is 13.2 Å². The Hall–Kier alpha value is -2.55. The van der Waals surface area contributed by atoms with E-state index in [-0.39, 0.29) is 23.1 Å². The van der Waals surface area contributed by atoms with E-state index in [0.29, 0.717) is 25.2 Å². The van der Waals surface area contributed by atoms with Crippen molar-refractivity contribution < 1.29 is 35.9 Å². The summed E-state index contributed by atoms with van der Waals surface area (Å²) in [6.45, 7) is 0.890. The van der Waals surface area contributed by atoms with Gasteiger partial charge in [0.2, 0.25) is 0 Å². The van der Waals surface area contributed by atoms with Crippen LogP contribution in [0, 0.1) is 29.2 Å². The van der Waals surface area contributed by atoms with Gasteiger partial charge in [0.25, 0.3) is 11.8 Å². The van der Waals surface area contributed by atoms with Gasteiger partial charge < -0.3 is 9.64 Å². The molecule has 3 nitrogen and oxygen atoms in total. The summed E-state index contributed by atoms with van der Waals surface area (Å²) in [7, 11) is 0. The van der Waals surface area contributed by atoms with Gasteiger partial charge in [-0.3, -0.25) is 4.79 Å². The molecule has 0 aromatic heterocycles. The first-order valence-electron chi connectivity index (χ1n) is 9.82.